The van der Waals surface area contributed by atoms with E-state index in [1.54, 1.807) is 17.0 Å². The highest BCUT2D eigenvalue weighted by Gasteiger charge is 2.28. The van der Waals surface area contributed by atoms with Crippen LogP contribution in [0.4, 0.5) is 13.2 Å². The van der Waals surface area contributed by atoms with Crippen molar-refractivity contribution >= 4 is 5.91 Å². The lowest BCUT2D eigenvalue weighted by Crippen LogP contribution is -2.46. The Bertz CT molecular complexity index is 468. The third kappa shape index (κ3) is 5.26. The van der Waals surface area contributed by atoms with Gasteiger partial charge in [0.1, 0.15) is 5.75 Å². The molecule has 116 valence electrons. The van der Waals surface area contributed by atoms with Crippen molar-refractivity contribution in [1.82, 2.24) is 10.2 Å². The van der Waals surface area contributed by atoms with Crippen LogP contribution in [0.1, 0.15) is 5.56 Å². The zero-order chi connectivity index (χ0) is 15.3. The molecule has 1 amide bonds. The average molecular weight is 302 g/mol. The van der Waals surface area contributed by atoms with Crippen LogP contribution in [0.15, 0.2) is 24.3 Å². The highest BCUT2D eigenvalue weighted by molar-refractivity contribution is 5.78. The number of rotatable bonds is 4. The minimum atomic E-state index is -4.35. The fraction of sp³-hybridized carbons (Fsp3) is 0.500. The Morgan fingerprint density at radius 1 is 1.19 bits per heavy atom. The third-order valence-electron chi connectivity index (χ3n) is 3.15. The molecule has 4 nitrogen and oxygen atoms in total. The lowest BCUT2D eigenvalue weighted by Gasteiger charge is -2.27. The van der Waals surface area contributed by atoms with Crippen molar-refractivity contribution in [2.24, 2.45) is 0 Å². The summed E-state index contributed by atoms with van der Waals surface area (Å²) in [7, 11) is 0. The van der Waals surface area contributed by atoms with Gasteiger partial charge in [-0.2, -0.15) is 13.2 Å². The molecular weight excluding hydrogens is 285 g/mol. The van der Waals surface area contributed by atoms with E-state index >= 15 is 0 Å². The molecule has 2 rings (SSSR count). The number of hydrogen-bond donors (Lipinski definition) is 1. The Kier molecular flexibility index (Phi) is 5.06. The molecule has 1 fully saturated rings. The summed E-state index contributed by atoms with van der Waals surface area (Å²) in [6.07, 6.45) is -4.10. The van der Waals surface area contributed by atoms with Crippen LogP contribution in [-0.2, 0) is 11.2 Å². The van der Waals surface area contributed by atoms with Gasteiger partial charge in [-0.15, -0.1) is 0 Å². The second-order valence-electron chi connectivity index (χ2n) is 4.86. The van der Waals surface area contributed by atoms with E-state index in [4.69, 9.17) is 0 Å². The van der Waals surface area contributed by atoms with E-state index in [2.05, 4.69) is 10.1 Å². The van der Waals surface area contributed by atoms with Crippen LogP contribution >= 0.6 is 0 Å². The van der Waals surface area contributed by atoms with Crippen molar-refractivity contribution in [2.45, 2.75) is 12.6 Å². The van der Waals surface area contributed by atoms with Crippen molar-refractivity contribution < 1.29 is 22.7 Å². The second kappa shape index (κ2) is 6.80. The molecule has 0 saturated carbocycles. The number of halogens is 3. The van der Waals surface area contributed by atoms with Crippen molar-refractivity contribution in [3.05, 3.63) is 29.8 Å². The molecule has 1 aliphatic heterocycles. The molecule has 0 unspecified atom stereocenters. The van der Waals surface area contributed by atoms with E-state index in [-0.39, 0.29) is 18.1 Å². The van der Waals surface area contributed by atoms with Crippen LogP contribution in [0.2, 0.25) is 0 Å². The van der Waals surface area contributed by atoms with Crippen LogP contribution in [0, 0.1) is 0 Å². The number of nitrogens with one attached hydrogen (secondary N) is 1. The van der Waals surface area contributed by atoms with E-state index in [1.807, 2.05) is 0 Å². The van der Waals surface area contributed by atoms with Gasteiger partial charge in [0.15, 0.2) is 6.61 Å². The van der Waals surface area contributed by atoms with Gasteiger partial charge in [-0.25, -0.2) is 0 Å². The van der Waals surface area contributed by atoms with Crippen molar-refractivity contribution in [1.29, 1.82) is 0 Å². The maximum atomic E-state index is 12.0. The summed E-state index contributed by atoms with van der Waals surface area (Å²) in [4.78, 5) is 13.8. The molecule has 1 aromatic carbocycles. The fourth-order valence-electron chi connectivity index (χ4n) is 2.07. The van der Waals surface area contributed by atoms with Crippen LogP contribution in [0.5, 0.6) is 5.75 Å². The van der Waals surface area contributed by atoms with E-state index in [1.165, 1.54) is 12.1 Å². The van der Waals surface area contributed by atoms with Crippen LogP contribution in [0.3, 0.4) is 0 Å². The molecule has 0 aromatic heterocycles. The van der Waals surface area contributed by atoms with Crippen molar-refractivity contribution in [2.75, 3.05) is 32.8 Å². The van der Waals surface area contributed by atoms with Gasteiger partial charge in [-0.05, 0) is 17.7 Å². The van der Waals surface area contributed by atoms with Gasteiger partial charge >= 0.3 is 6.18 Å². The number of ether oxygens (including phenoxy) is 1. The first-order valence-electron chi connectivity index (χ1n) is 6.71. The van der Waals surface area contributed by atoms with Crippen LogP contribution in [-0.4, -0.2) is 49.8 Å². The summed E-state index contributed by atoms with van der Waals surface area (Å²) in [5.41, 5.74) is 0.762. The summed E-state index contributed by atoms with van der Waals surface area (Å²) in [5, 5.41) is 3.16. The molecule has 1 N–H and O–H groups in total. The smallest absolute Gasteiger partial charge is 0.422 e. The quantitative estimate of drug-likeness (QED) is 0.918. The minimum Gasteiger partial charge on any atom is -0.484 e. The highest BCUT2D eigenvalue weighted by Crippen LogP contribution is 2.19. The molecule has 0 radical (unpaired) electrons. The number of nitrogens with zero attached hydrogens (tertiary/aromatic N) is 1. The molecular formula is C14H17F3N2O2. The lowest BCUT2D eigenvalue weighted by molar-refractivity contribution is -0.153. The molecule has 21 heavy (non-hydrogen) atoms. The van der Waals surface area contributed by atoms with Crippen LogP contribution in [0.25, 0.3) is 0 Å². The number of carbonyl (C=O) groups is 1. The highest BCUT2D eigenvalue weighted by atomic mass is 19.4. The van der Waals surface area contributed by atoms with Gasteiger partial charge in [0.25, 0.3) is 0 Å². The SMILES string of the molecule is O=C(Cc1ccc(OCC(F)(F)F)cc1)N1CCNCC1. The van der Waals surface area contributed by atoms with E-state index < -0.39 is 12.8 Å². The standard InChI is InChI=1S/C14H17F3N2O2/c15-14(16,17)10-21-12-3-1-11(2-4-12)9-13(20)19-7-5-18-6-8-19/h1-4,18H,5-10H2. The average Bonchev–Trinajstić information content (AvgIpc) is 2.46. The van der Waals surface area contributed by atoms with Gasteiger partial charge < -0.3 is 15.0 Å². The fourth-order valence-corrected chi connectivity index (χ4v) is 2.07. The first kappa shape index (κ1) is 15.6. The third-order valence-corrected chi connectivity index (χ3v) is 3.15. The van der Waals surface area contributed by atoms with Gasteiger partial charge in [-0.3, -0.25) is 4.79 Å². The van der Waals surface area contributed by atoms with Gasteiger partial charge in [-0.1, -0.05) is 12.1 Å². The normalized spacial score (nSPS) is 15.9. The Morgan fingerprint density at radius 3 is 2.38 bits per heavy atom. The number of carbonyl (C=O) groups excluding carboxylic acids is 1. The molecule has 1 saturated heterocycles. The first-order valence-corrected chi connectivity index (χ1v) is 6.71. The predicted molar refractivity (Wildman–Crippen MR) is 71.1 cm³/mol. The maximum absolute atomic E-state index is 12.0. The van der Waals surface area contributed by atoms with E-state index in [9.17, 15) is 18.0 Å². The summed E-state index contributed by atoms with van der Waals surface area (Å²) >= 11 is 0. The van der Waals surface area contributed by atoms with Crippen LogP contribution < -0.4 is 10.1 Å². The first-order chi connectivity index (χ1) is 9.94. The Hall–Kier alpha value is -1.76. The Morgan fingerprint density at radius 2 is 1.81 bits per heavy atom. The number of alkyl halides is 3. The second-order valence-corrected chi connectivity index (χ2v) is 4.86. The molecule has 0 bridgehead atoms. The molecule has 1 heterocycles. The number of piperazine rings is 1. The topological polar surface area (TPSA) is 41.6 Å². The van der Waals surface area contributed by atoms with Gasteiger partial charge in [0.2, 0.25) is 5.91 Å². The summed E-state index contributed by atoms with van der Waals surface area (Å²) in [5.74, 6) is 0.172. The predicted octanol–water partition coefficient (Wildman–Crippen LogP) is 1.60. The maximum Gasteiger partial charge on any atom is 0.422 e. The summed E-state index contributed by atoms with van der Waals surface area (Å²) < 4.78 is 40.7. The van der Waals surface area contributed by atoms with E-state index in [0.29, 0.717) is 13.1 Å². The minimum absolute atomic E-state index is 0.0282. The monoisotopic (exact) mass is 302 g/mol. The molecule has 1 aromatic rings. The molecule has 0 aliphatic carbocycles. The lowest BCUT2D eigenvalue weighted by atomic mass is 10.1. The zero-order valence-electron chi connectivity index (χ0n) is 11.4. The van der Waals surface area contributed by atoms with Gasteiger partial charge in [0, 0.05) is 26.2 Å². The van der Waals surface area contributed by atoms with Crippen molar-refractivity contribution in [3.8, 4) is 5.75 Å². The number of benzene rings is 1. The Balaban J connectivity index is 1.85. The largest absolute Gasteiger partial charge is 0.484 e. The Labute approximate surface area is 120 Å². The summed E-state index contributed by atoms with van der Waals surface area (Å²) in [6, 6.07) is 6.13. The van der Waals surface area contributed by atoms with Crippen molar-refractivity contribution in [3.63, 3.8) is 0 Å². The zero-order valence-corrected chi connectivity index (χ0v) is 11.4. The summed E-state index contributed by atoms with van der Waals surface area (Å²) in [6.45, 7) is 1.63. The number of hydrogen-bond acceptors (Lipinski definition) is 3. The molecule has 1 aliphatic rings. The number of amides is 1. The molecule has 0 spiro atoms. The molecule has 0 atom stereocenters. The van der Waals surface area contributed by atoms with E-state index in [0.717, 1.165) is 18.7 Å². The molecule has 7 heteroatoms. The van der Waals surface area contributed by atoms with Gasteiger partial charge in [0.05, 0.1) is 6.42 Å².